The number of hydrogen-bond acceptors (Lipinski definition) is 5. The SMILES string of the molecule is N[C@@H]1CCN(C(=O)c2ccc(-n3cnnn3)cc2)C1. The lowest BCUT2D eigenvalue weighted by Crippen LogP contribution is -2.31. The van der Waals surface area contributed by atoms with E-state index in [0.717, 1.165) is 18.7 Å². The summed E-state index contributed by atoms with van der Waals surface area (Å²) in [5, 5.41) is 10.9. The molecule has 1 aromatic carbocycles. The molecule has 0 saturated carbocycles. The molecule has 2 aromatic rings. The van der Waals surface area contributed by atoms with Gasteiger partial charge in [0.1, 0.15) is 6.33 Å². The molecule has 0 bridgehead atoms. The number of nitrogens with two attached hydrogens (primary N) is 1. The molecule has 0 spiro atoms. The number of benzene rings is 1. The summed E-state index contributed by atoms with van der Waals surface area (Å²) in [5.74, 6) is 0.0243. The molecule has 0 unspecified atom stereocenters. The van der Waals surface area contributed by atoms with E-state index in [1.807, 2.05) is 12.1 Å². The van der Waals surface area contributed by atoms with Crippen LogP contribution in [0.1, 0.15) is 16.8 Å². The largest absolute Gasteiger partial charge is 0.337 e. The van der Waals surface area contributed by atoms with Gasteiger partial charge >= 0.3 is 0 Å². The Balaban J connectivity index is 1.77. The van der Waals surface area contributed by atoms with Gasteiger partial charge in [-0.05, 0) is 41.1 Å². The van der Waals surface area contributed by atoms with Crippen LogP contribution >= 0.6 is 0 Å². The number of rotatable bonds is 2. The minimum Gasteiger partial charge on any atom is -0.337 e. The Bertz CT molecular complexity index is 564. The Kier molecular flexibility index (Phi) is 2.96. The minimum atomic E-state index is 0.0243. The fourth-order valence-corrected chi connectivity index (χ4v) is 2.19. The summed E-state index contributed by atoms with van der Waals surface area (Å²) >= 11 is 0. The lowest BCUT2D eigenvalue weighted by Gasteiger charge is -2.15. The highest BCUT2D eigenvalue weighted by molar-refractivity contribution is 5.94. The number of hydrogen-bond donors (Lipinski definition) is 1. The molecule has 0 aliphatic carbocycles. The normalized spacial score (nSPS) is 18.8. The maximum absolute atomic E-state index is 12.2. The fraction of sp³-hybridized carbons (Fsp3) is 0.333. The summed E-state index contributed by atoms with van der Waals surface area (Å²) in [4.78, 5) is 14.0. The van der Waals surface area contributed by atoms with E-state index < -0.39 is 0 Å². The molecule has 1 amide bonds. The van der Waals surface area contributed by atoms with Gasteiger partial charge in [0.2, 0.25) is 0 Å². The zero-order valence-electron chi connectivity index (χ0n) is 10.3. The average molecular weight is 258 g/mol. The van der Waals surface area contributed by atoms with Gasteiger partial charge in [-0.25, -0.2) is 4.68 Å². The summed E-state index contributed by atoms with van der Waals surface area (Å²) < 4.78 is 1.54. The summed E-state index contributed by atoms with van der Waals surface area (Å²) in [6.45, 7) is 1.36. The molecule has 2 N–H and O–H groups in total. The van der Waals surface area contributed by atoms with Crippen LogP contribution in [0.4, 0.5) is 0 Å². The number of aromatic nitrogens is 4. The molecule has 1 saturated heterocycles. The smallest absolute Gasteiger partial charge is 0.253 e. The maximum Gasteiger partial charge on any atom is 0.253 e. The summed E-state index contributed by atoms with van der Waals surface area (Å²) in [5.41, 5.74) is 7.29. The lowest BCUT2D eigenvalue weighted by atomic mass is 10.2. The van der Waals surface area contributed by atoms with E-state index in [1.54, 1.807) is 21.7 Å². The molecule has 1 aliphatic heterocycles. The van der Waals surface area contributed by atoms with Crippen molar-refractivity contribution in [2.45, 2.75) is 12.5 Å². The molecule has 1 aliphatic rings. The summed E-state index contributed by atoms with van der Waals surface area (Å²) in [7, 11) is 0. The molecular weight excluding hydrogens is 244 g/mol. The first-order valence-corrected chi connectivity index (χ1v) is 6.12. The van der Waals surface area contributed by atoms with Gasteiger partial charge < -0.3 is 10.6 Å². The Morgan fingerprint density at radius 3 is 2.68 bits per heavy atom. The van der Waals surface area contributed by atoms with Gasteiger partial charge in [-0.15, -0.1) is 5.10 Å². The van der Waals surface area contributed by atoms with E-state index >= 15 is 0 Å². The summed E-state index contributed by atoms with van der Waals surface area (Å²) in [6, 6.07) is 7.30. The number of likely N-dealkylation sites (tertiary alicyclic amines) is 1. The lowest BCUT2D eigenvalue weighted by molar-refractivity contribution is 0.0791. The molecule has 1 atom stereocenters. The third kappa shape index (κ3) is 2.32. The highest BCUT2D eigenvalue weighted by atomic mass is 16.2. The highest BCUT2D eigenvalue weighted by Gasteiger charge is 2.24. The van der Waals surface area contributed by atoms with E-state index in [0.29, 0.717) is 12.1 Å². The standard InChI is InChI=1S/C12H14N6O/c13-10-5-6-17(7-10)12(19)9-1-3-11(4-2-9)18-8-14-15-16-18/h1-4,8,10H,5-7,13H2/t10-/m1/s1. The maximum atomic E-state index is 12.2. The van der Waals surface area contributed by atoms with Crippen LogP contribution in [0.15, 0.2) is 30.6 Å². The second kappa shape index (κ2) is 4.77. The third-order valence-corrected chi connectivity index (χ3v) is 3.24. The quantitative estimate of drug-likeness (QED) is 0.808. The Morgan fingerprint density at radius 1 is 1.32 bits per heavy atom. The van der Waals surface area contributed by atoms with Crippen molar-refractivity contribution in [3.63, 3.8) is 0 Å². The zero-order chi connectivity index (χ0) is 13.2. The minimum absolute atomic E-state index is 0.0243. The van der Waals surface area contributed by atoms with Gasteiger partial charge in [0.05, 0.1) is 5.69 Å². The van der Waals surface area contributed by atoms with Gasteiger partial charge in [0.15, 0.2) is 0 Å². The Hall–Kier alpha value is -2.28. The second-order valence-electron chi connectivity index (χ2n) is 4.60. The number of nitrogens with zero attached hydrogens (tertiary/aromatic N) is 5. The van der Waals surface area contributed by atoms with Gasteiger partial charge in [-0.3, -0.25) is 4.79 Å². The molecule has 0 radical (unpaired) electrons. The van der Waals surface area contributed by atoms with E-state index in [2.05, 4.69) is 15.5 Å². The first-order chi connectivity index (χ1) is 9.24. The molecule has 2 heterocycles. The van der Waals surface area contributed by atoms with E-state index in [4.69, 9.17) is 5.73 Å². The molecule has 3 rings (SSSR count). The first kappa shape index (κ1) is 11.8. The zero-order valence-corrected chi connectivity index (χ0v) is 10.3. The van der Waals surface area contributed by atoms with Crippen LogP contribution < -0.4 is 5.73 Å². The van der Waals surface area contributed by atoms with Gasteiger partial charge in [0.25, 0.3) is 5.91 Å². The van der Waals surface area contributed by atoms with Gasteiger partial charge in [-0.2, -0.15) is 0 Å². The monoisotopic (exact) mass is 258 g/mol. The Morgan fingerprint density at radius 2 is 2.11 bits per heavy atom. The van der Waals surface area contributed by atoms with Crippen LogP contribution in [-0.4, -0.2) is 50.1 Å². The molecule has 1 aromatic heterocycles. The number of tetrazole rings is 1. The van der Waals surface area contributed by atoms with E-state index in [-0.39, 0.29) is 11.9 Å². The predicted octanol–water partition coefficient (Wildman–Crippen LogP) is -0.165. The van der Waals surface area contributed by atoms with Gasteiger partial charge in [0, 0.05) is 24.7 Å². The molecule has 19 heavy (non-hydrogen) atoms. The topological polar surface area (TPSA) is 89.9 Å². The number of carbonyl (C=O) groups excluding carboxylic acids is 1. The van der Waals surface area contributed by atoms with Crippen molar-refractivity contribution in [3.05, 3.63) is 36.2 Å². The first-order valence-electron chi connectivity index (χ1n) is 6.12. The van der Waals surface area contributed by atoms with Crippen molar-refractivity contribution in [3.8, 4) is 5.69 Å². The molecule has 7 heteroatoms. The van der Waals surface area contributed by atoms with Crippen LogP contribution in [0.3, 0.4) is 0 Å². The van der Waals surface area contributed by atoms with Crippen LogP contribution in [-0.2, 0) is 0 Å². The van der Waals surface area contributed by atoms with Crippen molar-refractivity contribution in [1.82, 2.24) is 25.1 Å². The van der Waals surface area contributed by atoms with Crippen molar-refractivity contribution < 1.29 is 4.79 Å². The molecular formula is C12H14N6O. The number of carbonyl (C=O) groups is 1. The van der Waals surface area contributed by atoms with Gasteiger partial charge in [-0.1, -0.05) is 0 Å². The predicted molar refractivity (Wildman–Crippen MR) is 67.6 cm³/mol. The van der Waals surface area contributed by atoms with Crippen molar-refractivity contribution >= 4 is 5.91 Å². The van der Waals surface area contributed by atoms with Crippen molar-refractivity contribution in [2.75, 3.05) is 13.1 Å². The Labute approximate surface area is 110 Å². The van der Waals surface area contributed by atoms with Crippen molar-refractivity contribution in [2.24, 2.45) is 5.73 Å². The van der Waals surface area contributed by atoms with E-state index in [9.17, 15) is 4.79 Å². The number of amides is 1. The van der Waals surface area contributed by atoms with E-state index in [1.165, 1.54) is 6.33 Å². The molecule has 98 valence electrons. The van der Waals surface area contributed by atoms with Crippen LogP contribution in [0.2, 0.25) is 0 Å². The average Bonchev–Trinajstić information content (AvgIpc) is 3.09. The van der Waals surface area contributed by atoms with Crippen molar-refractivity contribution in [1.29, 1.82) is 0 Å². The second-order valence-corrected chi connectivity index (χ2v) is 4.60. The fourth-order valence-electron chi connectivity index (χ4n) is 2.19. The highest BCUT2D eigenvalue weighted by Crippen LogP contribution is 2.14. The van der Waals surface area contributed by atoms with Crippen LogP contribution in [0.5, 0.6) is 0 Å². The van der Waals surface area contributed by atoms with Crippen LogP contribution in [0.25, 0.3) is 5.69 Å². The summed E-state index contributed by atoms with van der Waals surface area (Å²) in [6.07, 6.45) is 2.38. The molecule has 7 nitrogen and oxygen atoms in total. The van der Waals surface area contributed by atoms with Crippen LogP contribution in [0, 0.1) is 0 Å². The third-order valence-electron chi connectivity index (χ3n) is 3.24. The molecule has 1 fully saturated rings.